The van der Waals surface area contributed by atoms with Crippen LogP contribution < -0.4 is 4.90 Å². The summed E-state index contributed by atoms with van der Waals surface area (Å²) >= 11 is 7.51. The average molecular weight is 396 g/mol. The second-order valence-corrected chi connectivity index (χ2v) is 7.78. The van der Waals surface area contributed by atoms with Crippen LogP contribution >= 0.6 is 22.9 Å². The highest BCUT2D eigenvalue weighted by molar-refractivity contribution is 7.15. The molecule has 4 nitrogen and oxygen atoms in total. The summed E-state index contributed by atoms with van der Waals surface area (Å²) in [6.07, 6.45) is 1.62. The highest BCUT2D eigenvalue weighted by Gasteiger charge is 2.15. The Kier molecular flexibility index (Phi) is 6.23. The van der Waals surface area contributed by atoms with E-state index in [1.165, 1.54) is 11.3 Å². The molecular formula is C21H18ClN3OS. The molecule has 27 heavy (non-hydrogen) atoms. The molecule has 1 heterocycles. The van der Waals surface area contributed by atoms with Crippen LogP contribution in [0.25, 0.3) is 0 Å². The first-order valence-electron chi connectivity index (χ1n) is 8.50. The number of hydrogen-bond acceptors (Lipinski definition) is 5. The van der Waals surface area contributed by atoms with E-state index in [2.05, 4.69) is 16.0 Å². The summed E-state index contributed by atoms with van der Waals surface area (Å²) in [5, 5.41) is 10.5. The third-order valence-electron chi connectivity index (χ3n) is 4.24. The van der Waals surface area contributed by atoms with Gasteiger partial charge < -0.3 is 4.90 Å². The molecule has 0 radical (unpaired) electrons. The molecule has 0 saturated carbocycles. The zero-order chi connectivity index (χ0) is 19.2. The Hall–Kier alpha value is -2.68. The number of nitriles is 1. The van der Waals surface area contributed by atoms with Crippen LogP contribution in [0.2, 0.25) is 5.02 Å². The Morgan fingerprint density at radius 2 is 1.81 bits per heavy atom. The third-order valence-corrected chi connectivity index (χ3v) is 5.54. The molecule has 0 aliphatic carbocycles. The van der Waals surface area contributed by atoms with Gasteiger partial charge in [0, 0.05) is 23.0 Å². The number of anilines is 1. The van der Waals surface area contributed by atoms with Crippen molar-refractivity contribution in [3.8, 4) is 6.07 Å². The molecule has 6 heteroatoms. The van der Waals surface area contributed by atoms with Gasteiger partial charge in [0.05, 0.1) is 11.6 Å². The van der Waals surface area contributed by atoms with Crippen LogP contribution in [-0.4, -0.2) is 17.8 Å². The van der Waals surface area contributed by atoms with E-state index in [9.17, 15) is 4.79 Å². The molecule has 0 fully saturated rings. The molecule has 0 saturated heterocycles. The van der Waals surface area contributed by atoms with Gasteiger partial charge in [-0.3, -0.25) is 4.79 Å². The summed E-state index contributed by atoms with van der Waals surface area (Å²) in [5.74, 6) is 0. The highest BCUT2D eigenvalue weighted by atomic mass is 35.5. The van der Waals surface area contributed by atoms with Crippen molar-refractivity contribution < 1.29 is 4.79 Å². The van der Waals surface area contributed by atoms with E-state index in [1.807, 2.05) is 55.5 Å². The normalized spacial score (nSPS) is 10.4. The van der Waals surface area contributed by atoms with Crippen molar-refractivity contribution in [2.75, 3.05) is 11.4 Å². The van der Waals surface area contributed by atoms with Crippen LogP contribution in [0.1, 0.15) is 32.1 Å². The van der Waals surface area contributed by atoms with Gasteiger partial charge in [0.2, 0.25) is 0 Å². The molecule has 0 amide bonds. The third kappa shape index (κ3) is 4.94. The summed E-state index contributed by atoms with van der Waals surface area (Å²) in [6, 6.07) is 17.5. The first-order chi connectivity index (χ1) is 13.1. The van der Waals surface area contributed by atoms with Crippen molar-refractivity contribution in [1.29, 1.82) is 5.26 Å². The first kappa shape index (κ1) is 19.1. The minimum Gasteiger partial charge on any atom is -0.343 e. The Labute approximate surface area is 167 Å². The number of hydrogen-bond donors (Lipinski definition) is 0. The van der Waals surface area contributed by atoms with E-state index in [0.717, 1.165) is 40.4 Å². The van der Waals surface area contributed by atoms with Gasteiger partial charge in [-0.05, 0) is 48.7 Å². The Morgan fingerprint density at radius 3 is 2.41 bits per heavy atom. The standard InChI is InChI=1S/C21H18ClN3OS/c1-15-20(14-26)24-21(27-15)25(13-18-6-8-19(22)9-7-18)11-10-16-2-4-17(12-23)5-3-16/h2-9,14H,10-11,13H2,1H3. The fraction of sp³-hybridized carbons (Fsp3) is 0.190. The second-order valence-electron chi connectivity index (χ2n) is 6.16. The van der Waals surface area contributed by atoms with Crippen LogP contribution in [0, 0.1) is 18.3 Å². The maximum absolute atomic E-state index is 11.2. The highest BCUT2D eigenvalue weighted by Crippen LogP contribution is 2.27. The van der Waals surface area contributed by atoms with Gasteiger partial charge in [-0.25, -0.2) is 4.98 Å². The van der Waals surface area contributed by atoms with E-state index in [4.69, 9.17) is 16.9 Å². The molecule has 0 aliphatic rings. The maximum Gasteiger partial charge on any atom is 0.186 e. The van der Waals surface area contributed by atoms with E-state index < -0.39 is 0 Å². The van der Waals surface area contributed by atoms with Crippen LogP contribution in [0.4, 0.5) is 5.13 Å². The summed E-state index contributed by atoms with van der Waals surface area (Å²) in [7, 11) is 0. The van der Waals surface area contributed by atoms with Crippen molar-refractivity contribution in [2.45, 2.75) is 19.9 Å². The SMILES string of the molecule is Cc1sc(N(CCc2ccc(C#N)cc2)Cc2ccc(Cl)cc2)nc1C=O. The van der Waals surface area contributed by atoms with Crippen molar-refractivity contribution in [3.05, 3.63) is 80.8 Å². The second kappa shape index (κ2) is 8.81. The molecule has 0 bridgehead atoms. The predicted molar refractivity (Wildman–Crippen MR) is 110 cm³/mol. The number of nitrogens with zero attached hydrogens (tertiary/aromatic N) is 3. The monoisotopic (exact) mass is 395 g/mol. The van der Waals surface area contributed by atoms with E-state index in [0.29, 0.717) is 22.8 Å². The molecule has 0 aliphatic heterocycles. The lowest BCUT2D eigenvalue weighted by Crippen LogP contribution is -2.25. The maximum atomic E-state index is 11.2. The molecular weight excluding hydrogens is 378 g/mol. The number of thiazole rings is 1. The van der Waals surface area contributed by atoms with E-state index in [1.54, 1.807) is 0 Å². The predicted octanol–water partition coefficient (Wildman–Crippen LogP) is 5.04. The van der Waals surface area contributed by atoms with Gasteiger partial charge in [0.15, 0.2) is 11.4 Å². The van der Waals surface area contributed by atoms with Crippen molar-refractivity contribution >= 4 is 34.4 Å². The minimum atomic E-state index is 0.495. The van der Waals surface area contributed by atoms with Crippen LogP contribution in [0.15, 0.2) is 48.5 Å². The lowest BCUT2D eigenvalue weighted by Gasteiger charge is -2.22. The van der Waals surface area contributed by atoms with Gasteiger partial charge >= 0.3 is 0 Å². The first-order valence-corrected chi connectivity index (χ1v) is 9.69. The lowest BCUT2D eigenvalue weighted by molar-refractivity contribution is 0.111. The molecule has 0 spiro atoms. The number of carbonyl (C=O) groups excluding carboxylic acids is 1. The van der Waals surface area contributed by atoms with E-state index in [-0.39, 0.29) is 0 Å². The Bertz CT molecular complexity index is 959. The van der Waals surface area contributed by atoms with Gasteiger partial charge in [-0.2, -0.15) is 5.26 Å². The quantitative estimate of drug-likeness (QED) is 0.526. The number of halogens is 1. The number of aromatic nitrogens is 1. The molecule has 2 aromatic carbocycles. The smallest absolute Gasteiger partial charge is 0.186 e. The topological polar surface area (TPSA) is 57.0 Å². The summed E-state index contributed by atoms with van der Waals surface area (Å²) in [5.41, 5.74) is 3.43. The fourth-order valence-corrected chi connectivity index (χ4v) is 3.73. The van der Waals surface area contributed by atoms with Crippen LogP contribution in [-0.2, 0) is 13.0 Å². The van der Waals surface area contributed by atoms with Crippen LogP contribution in [0.5, 0.6) is 0 Å². The molecule has 1 aromatic heterocycles. The number of aryl methyl sites for hydroxylation is 1. The molecule has 3 aromatic rings. The number of aldehydes is 1. The van der Waals surface area contributed by atoms with Gasteiger partial charge in [0.1, 0.15) is 5.69 Å². The van der Waals surface area contributed by atoms with Gasteiger partial charge in [0.25, 0.3) is 0 Å². The zero-order valence-electron chi connectivity index (χ0n) is 14.9. The molecule has 0 N–H and O–H groups in total. The number of rotatable bonds is 7. The molecule has 0 atom stereocenters. The van der Waals surface area contributed by atoms with Crippen molar-refractivity contribution in [2.24, 2.45) is 0 Å². The van der Waals surface area contributed by atoms with Gasteiger partial charge in [-0.1, -0.05) is 35.9 Å². The summed E-state index contributed by atoms with van der Waals surface area (Å²) < 4.78 is 0. The summed E-state index contributed by atoms with van der Waals surface area (Å²) in [4.78, 5) is 18.8. The van der Waals surface area contributed by atoms with Crippen LogP contribution in [0.3, 0.4) is 0 Å². The largest absolute Gasteiger partial charge is 0.343 e. The average Bonchev–Trinajstić information content (AvgIpc) is 3.07. The Morgan fingerprint density at radius 1 is 1.15 bits per heavy atom. The Balaban J connectivity index is 1.80. The minimum absolute atomic E-state index is 0.495. The zero-order valence-corrected chi connectivity index (χ0v) is 16.4. The molecule has 136 valence electrons. The molecule has 0 unspecified atom stereocenters. The van der Waals surface area contributed by atoms with Crippen molar-refractivity contribution in [1.82, 2.24) is 4.98 Å². The lowest BCUT2D eigenvalue weighted by atomic mass is 10.1. The van der Waals surface area contributed by atoms with E-state index >= 15 is 0 Å². The van der Waals surface area contributed by atoms with Gasteiger partial charge in [-0.15, -0.1) is 11.3 Å². The fourth-order valence-electron chi connectivity index (χ4n) is 2.70. The summed E-state index contributed by atoms with van der Waals surface area (Å²) in [6.45, 7) is 3.34. The van der Waals surface area contributed by atoms with Crippen molar-refractivity contribution in [3.63, 3.8) is 0 Å². The number of benzene rings is 2. The molecule has 3 rings (SSSR count). The number of carbonyl (C=O) groups is 1.